The number of ether oxygens (including phenoxy) is 1. The first-order chi connectivity index (χ1) is 12.2. The van der Waals surface area contributed by atoms with E-state index in [4.69, 9.17) is 8.92 Å². The van der Waals surface area contributed by atoms with Crippen LogP contribution in [0.25, 0.3) is 0 Å². The molecule has 0 spiro atoms. The fourth-order valence-corrected chi connectivity index (χ4v) is 4.92. The maximum atomic E-state index is 12.6. The summed E-state index contributed by atoms with van der Waals surface area (Å²) in [4.78, 5) is 0.0773. The van der Waals surface area contributed by atoms with Crippen molar-refractivity contribution in [2.75, 3.05) is 7.11 Å². The van der Waals surface area contributed by atoms with Crippen LogP contribution in [0.2, 0.25) is 0 Å². The van der Waals surface area contributed by atoms with Gasteiger partial charge in [-0.15, -0.1) is 0 Å². The molecule has 3 atom stereocenters. The second kappa shape index (κ2) is 6.78. The second-order valence-corrected chi connectivity index (χ2v) is 8.51. The Balaban J connectivity index is 1.92. The van der Waals surface area contributed by atoms with Gasteiger partial charge in [0.1, 0.15) is 17.3 Å². The van der Waals surface area contributed by atoms with Gasteiger partial charge in [0.05, 0.1) is 4.90 Å². The number of rotatable bonds is 5. The smallest absolute Gasteiger partial charge is 0.297 e. The molecule has 5 nitrogen and oxygen atoms in total. The summed E-state index contributed by atoms with van der Waals surface area (Å²) in [5.41, 5.74) is -0.784. The van der Waals surface area contributed by atoms with Crippen LogP contribution in [-0.4, -0.2) is 32.3 Å². The highest BCUT2D eigenvalue weighted by Crippen LogP contribution is 2.50. The quantitative estimate of drug-likeness (QED) is 0.812. The Labute approximate surface area is 154 Å². The van der Waals surface area contributed by atoms with Crippen molar-refractivity contribution in [3.63, 3.8) is 0 Å². The lowest BCUT2D eigenvalue weighted by molar-refractivity contribution is -0.173. The van der Waals surface area contributed by atoms with Crippen molar-refractivity contribution in [1.29, 1.82) is 0 Å². The highest BCUT2D eigenvalue weighted by Gasteiger charge is 2.60. The molecule has 0 aliphatic heterocycles. The normalized spacial score (nSPS) is 29.0. The number of aliphatic hydroxyl groups is 1. The number of methoxy groups -OCH3 is 1. The minimum atomic E-state index is -3.99. The van der Waals surface area contributed by atoms with E-state index >= 15 is 0 Å². The third-order valence-electron chi connectivity index (χ3n) is 5.34. The van der Waals surface area contributed by atoms with Gasteiger partial charge in [-0.1, -0.05) is 48.0 Å². The van der Waals surface area contributed by atoms with Gasteiger partial charge in [0.2, 0.25) is 0 Å². The Morgan fingerprint density at radius 1 is 1.08 bits per heavy atom. The molecule has 140 valence electrons. The van der Waals surface area contributed by atoms with E-state index in [9.17, 15) is 13.5 Å². The summed E-state index contributed by atoms with van der Waals surface area (Å²) in [5.74, 6) is 0. The molecule has 1 aliphatic carbocycles. The average molecular weight is 376 g/mol. The van der Waals surface area contributed by atoms with Gasteiger partial charge in [0, 0.05) is 7.11 Å². The molecule has 3 unspecified atom stereocenters. The minimum absolute atomic E-state index is 0.0773. The predicted molar refractivity (Wildman–Crippen MR) is 98.2 cm³/mol. The molecule has 3 rings (SSSR count). The summed E-state index contributed by atoms with van der Waals surface area (Å²) in [6.07, 6.45) is -0.0935. The molecular weight excluding hydrogens is 352 g/mol. The Kier molecular flexibility index (Phi) is 4.96. The van der Waals surface area contributed by atoms with Crippen LogP contribution in [0, 0.1) is 6.92 Å². The topological polar surface area (TPSA) is 72.8 Å². The maximum absolute atomic E-state index is 12.6. The maximum Gasteiger partial charge on any atom is 0.297 e. The summed E-state index contributed by atoms with van der Waals surface area (Å²) >= 11 is 0. The van der Waals surface area contributed by atoms with Crippen LogP contribution in [0.3, 0.4) is 0 Å². The number of hydrogen-bond donors (Lipinski definition) is 1. The molecule has 1 N–H and O–H groups in total. The highest BCUT2D eigenvalue weighted by atomic mass is 32.2. The molecule has 0 amide bonds. The number of hydrogen-bond acceptors (Lipinski definition) is 5. The van der Waals surface area contributed by atoms with Gasteiger partial charge in [-0.3, -0.25) is 4.18 Å². The van der Waals surface area contributed by atoms with Gasteiger partial charge in [-0.2, -0.15) is 8.42 Å². The Hall–Kier alpha value is -1.73. The largest absolute Gasteiger partial charge is 0.384 e. The standard InChI is InChI=1S/C20H24O5S/c1-15-9-11-17(12-10-15)26(22,23)25-18-13-14-20(24-3,19(18,2)21)16-7-5-4-6-8-16/h4-12,18,21H,13-14H2,1-3H3. The van der Waals surface area contributed by atoms with Crippen LogP contribution in [0.5, 0.6) is 0 Å². The second-order valence-electron chi connectivity index (χ2n) is 6.94. The van der Waals surface area contributed by atoms with E-state index < -0.39 is 27.4 Å². The van der Waals surface area contributed by atoms with Gasteiger partial charge in [0.25, 0.3) is 10.1 Å². The van der Waals surface area contributed by atoms with Gasteiger partial charge >= 0.3 is 0 Å². The molecule has 6 heteroatoms. The Bertz CT molecular complexity index is 859. The molecule has 0 radical (unpaired) electrons. The zero-order chi connectivity index (χ0) is 19.0. The molecule has 2 aromatic rings. The van der Waals surface area contributed by atoms with E-state index in [1.54, 1.807) is 19.1 Å². The number of benzene rings is 2. The zero-order valence-corrected chi connectivity index (χ0v) is 16.0. The zero-order valence-electron chi connectivity index (χ0n) is 15.2. The van der Waals surface area contributed by atoms with Crippen LogP contribution >= 0.6 is 0 Å². The van der Waals surface area contributed by atoms with E-state index in [0.29, 0.717) is 12.8 Å². The number of aryl methyl sites for hydroxylation is 1. The molecule has 1 fully saturated rings. The molecule has 2 aromatic carbocycles. The van der Waals surface area contributed by atoms with Gasteiger partial charge < -0.3 is 9.84 Å². The predicted octanol–water partition coefficient (Wildman–Crippen LogP) is 3.16. The first-order valence-electron chi connectivity index (χ1n) is 8.56. The van der Waals surface area contributed by atoms with Crippen LogP contribution in [0.4, 0.5) is 0 Å². The summed E-state index contributed by atoms with van der Waals surface area (Å²) < 4.78 is 36.5. The van der Waals surface area contributed by atoms with Crippen molar-refractivity contribution in [2.45, 2.75) is 48.9 Å². The Morgan fingerprint density at radius 2 is 1.69 bits per heavy atom. The summed E-state index contributed by atoms with van der Waals surface area (Å²) in [7, 11) is -2.46. The lowest BCUT2D eigenvalue weighted by Gasteiger charge is -2.41. The molecule has 1 saturated carbocycles. The van der Waals surface area contributed by atoms with Crippen molar-refractivity contribution in [2.24, 2.45) is 0 Å². The van der Waals surface area contributed by atoms with Crippen LogP contribution in [-0.2, 0) is 24.6 Å². The summed E-state index contributed by atoms with van der Waals surface area (Å²) in [5, 5.41) is 11.3. The highest BCUT2D eigenvalue weighted by molar-refractivity contribution is 7.86. The molecule has 0 saturated heterocycles. The first kappa shape index (κ1) is 19.0. The van der Waals surface area contributed by atoms with E-state index in [2.05, 4.69) is 0 Å². The summed E-state index contributed by atoms with van der Waals surface area (Å²) in [6.45, 7) is 3.46. The van der Waals surface area contributed by atoms with Crippen molar-refractivity contribution < 1.29 is 22.4 Å². The molecular formula is C20H24O5S. The molecule has 1 aliphatic rings. The lowest BCUT2D eigenvalue weighted by atomic mass is 9.80. The summed E-state index contributed by atoms with van der Waals surface area (Å²) in [6, 6.07) is 15.8. The van der Waals surface area contributed by atoms with Gasteiger partial charge in [0.15, 0.2) is 0 Å². The molecule has 0 aromatic heterocycles. The molecule has 0 bridgehead atoms. The fourth-order valence-electron chi connectivity index (χ4n) is 3.75. The SMILES string of the molecule is COC1(c2ccccc2)CCC(OS(=O)(=O)c2ccc(C)cc2)C1(C)O. The van der Waals surface area contributed by atoms with E-state index in [1.807, 2.05) is 37.3 Å². The van der Waals surface area contributed by atoms with Crippen molar-refractivity contribution in [1.82, 2.24) is 0 Å². The third-order valence-corrected chi connectivity index (χ3v) is 6.68. The van der Waals surface area contributed by atoms with Gasteiger partial charge in [-0.25, -0.2) is 0 Å². The Morgan fingerprint density at radius 3 is 2.27 bits per heavy atom. The van der Waals surface area contributed by atoms with Crippen LogP contribution < -0.4 is 0 Å². The third kappa shape index (κ3) is 3.07. The van der Waals surface area contributed by atoms with Crippen molar-refractivity contribution >= 4 is 10.1 Å². The van der Waals surface area contributed by atoms with Crippen LogP contribution in [0.1, 0.15) is 30.9 Å². The van der Waals surface area contributed by atoms with E-state index in [0.717, 1.165) is 11.1 Å². The monoisotopic (exact) mass is 376 g/mol. The van der Waals surface area contributed by atoms with Crippen molar-refractivity contribution in [3.05, 3.63) is 65.7 Å². The molecule has 0 heterocycles. The van der Waals surface area contributed by atoms with Crippen molar-refractivity contribution in [3.8, 4) is 0 Å². The van der Waals surface area contributed by atoms with Gasteiger partial charge in [-0.05, 0) is 44.4 Å². The van der Waals surface area contributed by atoms with E-state index in [-0.39, 0.29) is 4.90 Å². The van der Waals surface area contributed by atoms with E-state index in [1.165, 1.54) is 19.2 Å². The van der Waals surface area contributed by atoms with Crippen LogP contribution in [0.15, 0.2) is 59.5 Å². The first-order valence-corrected chi connectivity index (χ1v) is 9.97. The average Bonchev–Trinajstić information content (AvgIpc) is 2.87. The molecule has 26 heavy (non-hydrogen) atoms. The fraction of sp³-hybridized carbons (Fsp3) is 0.400. The lowest BCUT2D eigenvalue weighted by Crippen LogP contribution is -2.53. The minimum Gasteiger partial charge on any atom is -0.384 e.